The Morgan fingerprint density at radius 1 is 1.35 bits per heavy atom. The molecule has 2 rings (SSSR count). The maximum Gasteiger partial charge on any atom is 0.342 e. The maximum atomic E-state index is 12.1. The molecule has 0 aliphatic rings. The minimum Gasteiger partial charge on any atom is -0.449 e. The van der Waals surface area contributed by atoms with Crippen LogP contribution >= 0.6 is 27.5 Å². The number of carbonyl (C=O) groups is 2. The number of halogens is 2. The largest absolute Gasteiger partial charge is 0.449 e. The number of pyridine rings is 1. The second-order valence-corrected chi connectivity index (χ2v) is 5.98. The zero-order valence-electron chi connectivity index (χ0n) is 12.0. The molecule has 0 saturated carbocycles. The van der Waals surface area contributed by atoms with Gasteiger partial charge in [0.2, 0.25) is 0 Å². The van der Waals surface area contributed by atoms with E-state index in [0.29, 0.717) is 15.2 Å². The van der Waals surface area contributed by atoms with Gasteiger partial charge in [0.05, 0.1) is 0 Å². The monoisotopic (exact) mass is 397 g/mol. The third-order valence-electron chi connectivity index (χ3n) is 2.87. The van der Waals surface area contributed by atoms with Gasteiger partial charge in [-0.05, 0) is 53.2 Å². The van der Waals surface area contributed by atoms with Crippen LogP contribution in [0, 0.1) is 0 Å². The molecule has 23 heavy (non-hydrogen) atoms. The molecule has 1 amide bonds. The summed E-state index contributed by atoms with van der Waals surface area (Å²) in [6, 6.07) is 8.05. The number of esters is 1. The maximum absolute atomic E-state index is 12.1. The molecule has 6 nitrogen and oxygen atoms in total. The van der Waals surface area contributed by atoms with Crippen molar-refractivity contribution in [1.29, 1.82) is 0 Å². The first-order valence-corrected chi connectivity index (χ1v) is 7.72. The molecule has 1 heterocycles. The van der Waals surface area contributed by atoms with E-state index >= 15 is 0 Å². The van der Waals surface area contributed by atoms with Crippen LogP contribution in [-0.4, -0.2) is 23.0 Å². The van der Waals surface area contributed by atoms with Crippen LogP contribution in [0.1, 0.15) is 17.3 Å². The van der Waals surface area contributed by atoms with E-state index in [1.165, 1.54) is 19.2 Å². The number of nitrogens with two attached hydrogens (primary N) is 1. The molecule has 0 spiro atoms. The standard InChI is InChI=1S/C15H13BrClN3O3/c1-8(14(21)20-11-4-2-10(17)3-5-11)23-15(22)12-6-9(16)7-19-13(12)18/h2-8H,1H3,(H2,18,19)(H,20,21)/t8-/m1/s1. The summed E-state index contributed by atoms with van der Waals surface area (Å²) in [5.74, 6) is -1.17. The number of nitrogen functional groups attached to an aromatic ring is 1. The van der Waals surface area contributed by atoms with Crippen molar-refractivity contribution in [3.8, 4) is 0 Å². The van der Waals surface area contributed by atoms with Crippen molar-refractivity contribution >= 4 is 50.9 Å². The molecule has 0 saturated heterocycles. The molecule has 0 unspecified atom stereocenters. The summed E-state index contributed by atoms with van der Waals surface area (Å²) in [7, 11) is 0. The lowest BCUT2D eigenvalue weighted by atomic mass is 10.2. The van der Waals surface area contributed by atoms with Crippen LogP contribution in [0.2, 0.25) is 5.02 Å². The molecular weight excluding hydrogens is 386 g/mol. The van der Waals surface area contributed by atoms with E-state index in [4.69, 9.17) is 22.1 Å². The molecule has 8 heteroatoms. The fourth-order valence-electron chi connectivity index (χ4n) is 1.67. The van der Waals surface area contributed by atoms with Crippen molar-refractivity contribution < 1.29 is 14.3 Å². The number of ether oxygens (including phenoxy) is 1. The van der Waals surface area contributed by atoms with Gasteiger partial charge in [0.25, 0.3) is 5.91 Å². The molecule has 120 valence electrons. The Balaban J connectivity index is 2.01. The normalized spacial score (nSPS) is 11.6. The summed E-state index contributed by atoms with van der Waals surface area (Å²) < 4.78 is 5.69. The van der Waals surface area contributed by atoms with Gasteiger partial charge in [-0.25, -0.2) is 9.78 Å². The highest BCUT2D eigenvalue weighted by Crippen LogP contribution is 2.18. The van der Waals surface area contributed by atoms with E-state index in [9.17, 15) is 9.59 Å². The third kappa shape index (κ3) is 4.67. The van der Waals surface area contributed by atoms with E-state index < -0.39 is 18.0 Å². The number of benzene rings is 1. The molecule has 0 aliphatic carbocycles. The Morgan fingerprint density at radius 3 is 2.65 bits per heavy atom. The Morgan fingerprint density at radius 2 is 2.00 bits per heavy atom. The molecular formula is C15H13BrClN3O3. The smallest absolute Gasteiger partial charge is 0.342 e. The van der Waals surface area contributed by atoms with E-state index in [-0.39, 0.29) is 11.4 Å². The van der Waals surface area contributed by atoms with E-state index in [1.807, 2.05) is 0 Å². The van der Waals surface area contributed by atoms with Crippen LogP contribution < -0.4 is 11.1 Å². The van der Waals surface area contributed by atoms with Gasteiger partial charge >= 0.3 is 5.97 Å². The topological polar surface area (TPSA) is 94.3 Å². The molecule has 0 fully saturated rings. The number of rotatable bonds is 4. The second kappa shape index (κ2) is 7.43. The first-order valence-electron chi connectivity index (χ1n) is 6.55. The predicted octanol–water partition coefficient (Wildman–Crippen LogP) is 3.26. The zero-order valence-corrected chi connectivity index (χ0v) is 14.4. The number of anilines is 2. The number of nitrogens with zero attached hydrogens (tertiary/aromatic N) is 1. The molecule has 0 aliphatic heterocycles. The lowest BCUT2D eigenvalue weighted by Gasteiger charge is -2.14. The fraction of sp³-hybridized carbons (Fsp3) is 0.133. The lowest BCUT2D eigenvalue weighted by Crippen LogP contribution is -2.30. The average Bonchev–Trinajstić information content (AvgIpc) is 2.51. The lowest BCUT2D eigenvalue weighted by molar-refractivity contribution is -0.123. The van der Waals surface area contributed by atoms with Crippen LogP contribution in [0.4, 0.5) is 11.5 Å². The van der Waals surface area contributed by atoms with Gasteiger partial charge in [0, 0.05) is 21.4 Å². The van der Waals surface area contributed by atoms with Gasteiger partial charge in [0.1, 0.15) is 11.4 Å². The summed E-state index contributed by atoms with van der Waals surface area (Å²) in [4.78, 5) is 28.0. The third-order valence-corrected chi connectivity index (χ3v) is 3.56. The summed E-state index contributed by atoms with van der Waals surface area (Å²) >= 11 is 8.97. The first kappa shape index (κ1) is 17.2. The summed E-state index contributed by atoms with van der Waals surface area (Å²) in [6.07, 6.45) is 0.458. The molecule has 1 atom stereocenters. The van der Waals surface area contributed by atoms with Crippen molar-refractivity contribution in [2.24, 2.45) is 0 Å². The minimum absolute atomic E-state index is 0.0310. The van der Waals surface area contributed by atoms with Crippen molar-refractivity contribution in [1.82, 2.24) is 4.98 Å². The van der Waals surface area contributed by atoms with E-state index in [0.717, 1.165) is 0 Å². The quantitative estimate of drug-likeness (QED) is 0.771. The molecule has 1 aromatic carbocycles. The molecule has 0 radical (unpaired) electrons. The summed E-state index contributed by atoms with van der Waals surface area (Å²) in [6.45, 7) is 1.46. The number of aromatic nitrogens is 1. The van der Waals surface area contributed by atoms with Crippen molar-refractivity contribution in [2.75, 3.05) is 11.1 Å². The van der Waals surface area contributed by atoms with Crippen molar-refractivity contribution in [3.63, 3.8) is 0 Å². The van der Waals surface area contributed by atoms with Crippen LogP contribution in [0.15, 0.2) is 41.0 Å². The van der Waals surface area contributed by atoms with Gasteiger partial charge in [-0.2, -0.15) is 0 Å². The van der Waals surface area contributed by atoms with Gasteiger partial charge in [-0.1, -0.05) is 11.6 Å². The number of nitrogens with one attached hydrogen (secondary N) is 1. The average molecular weight is 399 g/mol. The Hall–Kier alpha value is -2.12. The van der Waals surface area contributed by atoms with E-state index in [2.05, 4.69) is 26.2 Å². The zero-order chi connectivity index (χ0) is 17.0. The van der Waals surface area contributed by atoms with Gasteiger partial charge in [-0.3, -0.25) is 4.79 Å². The number of hydrogen-bond donors (Lipinski definition) is 2. The predicted molar refractivity (Wildman–Crippen MR) is 91.3 cm³/mol. The minimum atomic E-state index is -1.00. The SMILES string of the molecule is C[C@@H](OC(=O)c1cc(Br)cnc1N)C(=O)Nc1ccc(Cl)cc1. The highest BCUT2D eigenvalue weighted by Gasteiger charge is 2.21. The highest BCUT2D eigenvalue weighted by molar-refractivity contribution is 9.10. The van der Waals surface area contributed by atoms with E-state index in [1.54, 1.807) is 24.3 Å². The van der Waals surface area contributed by atoms with Crippen LogP contribution in [0.5, 0.6) is 0 Å². The van der Waals surface area contributed by atoms with Gasteiger partial charge in [0.15, 0.2) is 6.10 Å². The Labute approximate surface area is 146 Å². The molecule has 1 aromatic heterocycles. The second-order valence-electron chi connectivity index (χ2n) is 4.63. The molecule has 2 aromatic rings. The Bertz CT molecular complexity index is 737. The first-order chi connectivity index (χ1) is 10.9. The Kier molecular flexibility index (Phi) is 5.57. The summed E-state index contributed by atoms with van der Waals surface area (Å²) in [5.41, 5.74) is 6.27. The molecule has 3 N–H and O–H groups in total. The van der Waals surface area contributed by atoms with Gasteiger partial charge in [-0.15, -0.1) is 0 Å². The van der Waals surface area contributed by atoms with Crippen LogP contribution in [-0.2, 0) is 9.53 Å². The van der Waals surface area contributed by atoms with Crippen LogP contribution in [0.25, 0.3) is 0 Å². The number of hydrogen-bond acceptors (Lipinski definition) is 5. The van der Waals surface area contributed by atoms with Gasteiger partial charge < -0.3 is 15.8 Å². The van der Waals surface area contributed by atoms with Crippen LogP contribution in [0.3, 0.4) is 0 Å². The number of carbonyl (C=O) groups excluding carboxylic acids is 2. The van der Waals surface area contributed by atoms with Crippen molar-refractivity contribution in [2.45, 2.75) is 13.0 Å². The highest BCUT2D eigenvalue weighted by atomic mass is 79.9. The number of amides is 1. The fourth-order valence-corrected chi connectivity index (χ4v) is 2.13. The van der Waals surface area contributed by atoms with Crippen molar-refractivity contribution in [3.05, 3.63) is 51.6 Å². The molecule has 0 bridgehead atoms. The summed E-state index contributed by atoms with van der Waals surface area (Å²) in [5, 5.41) is 3.18.